The molecule has 1 spiro atoms. The average Bonchev–Trinajstić information content (AvgIpc) is 3.32. The van der Waals surface area contributed by atoms with Gasteiger partial charge in [0.2, 0.25) is 0 Å². The van der Waals surface area contributed by atoms with Crippen LogP contribution in [0.25, 0.3) is 5.65 Å². The largest absolute Gasteiger partial charge is 0.367 e. The number of aromatic nitrogens is 3. The van der Waals surface area contributed by atoms with Gasteiger partial charge in [0.15, 0.2) is 5.65 Å². The molecule has 0 unspecified atom stereocenters. The van der Waals surface area contributed by atoms with Crippen LogP contribution < -0.4 is 11.1 Å². The van der Waals surface area contributed by atoms with Crippen molar-refractivity contribution in [3.63, 3.8) is 0 Å². The van der Waals surface area contributed by atoms with Crippen molar-refractivity contribution in [3.05, 3.63) is 23.5 Å². The number of hydrogen-bond acceptors (Lipinski definition) is 5. The van der Waals surface area contributed by atoms with Crippen molar-refractivity contribution < 1.29 is 0 Å². The molecule has 2 fully saturated rings. The normalized spacial score (nSPS) is 28.9. The molecule has 2 atom stereocenters. The lowest BCUT2D eigenvalue weighted by Gasteiger charge is -2.31. The molecule has 2 aliphatic carbocycles. The van der Waals surface area contributed by atoms with Crippen LogP contribution in [0, 0.1) is 0 Å². The van der Waals surface area contributed by atoms with Gasteiger partial charge in [-0.1, -0.05) is 12.8 Å². The zero-order chi connectivity index (χ0) is 16.3. The Bertz CT molecular complexity index is 775. The Kier molecular flexibility index (Phi) is 3.16. The van der Waals surface area contributed by atoms with Crippen molar-refractivity contribution >= 4 is 11.5 Å². The van der Waals surface area contributed by atoms with Gasteiger partial charge in [-0.3, -0.25) is 4.90 Å². The van der Waals surface area contributed by atoms with Crippen LogP contribution >= 0.6 is 0 Å². The standard InChI is InChI=1S/C18H26N6/c1-23-11-14-16(18(23)7-2-3-8-18)22-15-6-9-20-24(15)17(14)21-13-5-4-12(19)10-13/h6,9,12-13,21H,2-5,7-8,10-11,19H2,1H3/t12-,13-/m0/s1. The Labute approximate surface area is 142 Å². The zero-order valence-electron chi connectivity index (χ0n) is 14.3. The number of hydrogen-bond donors (Lipinski definition) is 2. The summed E-state index contributed by atoms with van der Waals surface area (Å²) in [4.78, 5) is 7.56. The van der Waals surface area contributed by atoms with Crippen LogP contribution in [0.4, 0.5) is 5.82 Å². The molecule has 0 amide bonds. The quantitative estimate of drug-likeness (QED) is 0.885. The fourth-order valence-electron chi connectivity index (χ4n) is 5.15. The van der Waals surface area contributed by atoms with E-state index in [1.807, 2.05) is 16.8 Å². The molecule has 2 aromatic heterocycles. The highest BCUT2D eigenvalue weighted by Crippen LogP contribution is 2.50. The monoisotopic (exact) mass is 326 g/mol. The first-order valence-corrected chi connectivity index (χ1v) is 9.28. The van der Waals surface area contributed by atoms with Gasteiger partial charge in [0, 0.05) is 30.3 Å². The summed E-state index contributed by atoms with van der Waals surface area (Å²) in [6.45, 7) is 0.958. The van der Waals surface area contributed by atoms with E-state index in [0.29, 0.717) is 12.1 Å². The van der Waals surface area contributed by atoms with Crippen molar-refractivity contribution in [2.24, 2.45) is 5.73 Å². The van der Waals surface area contributed by atoms with Crippen LogP contribution in [-0.4, -0.2) is 38.6 Å². The summed E-state index contributed by atoms with van der Waals surface area (Å²) >= 11 is 0. The van der Waals surface area contributed by atoms with Gasteiger partial charge in [-0.25, -0.2) is 4.98 Å². The molecule has 0 aromatic carbocycles. The van der Waals surface area contributed by atoms with E-state index in [-0.39, 0.29) is 5.54 Å². The van der Waals surface area contributed by atoms with Gasteiger partial charge in [0.1, 0.15) is 5.82 Å². The molecule has 128 valence electrons. The molecule has 2 saturated carbocycles. The van der Waals surface area contributed by atoms with E-state index in [4.69, 9.17) is 10.7 Å². The molecule has 3 aliphatic rings. The SMILES string of the molecule is CN1Cc2c(nc3ccnn3c2N[C@H]2CC[C@H](N)C2)C12CCCC2. The van der Waals surface area contributed by atoms with Gasteiger partial charge >= 0.3 is 0 Å². The molecule has 2 aromatic rings. The lowest BCUT2D eigenvalue weighted by Crippen LogP contribution is -2.35. The molecule has 0 bridgehead atoms. The van der Waals surface area contributed by atoms with E-state index in [9.17, 15) is 0 Å². The van der Waals surface area contributed by atoms with E-state index in [2.05, 4.69) is 22.4 Å². The first kappa shape index (κ1) is 14.7. The Morgan fingerprint density at radius 1 is 1.29 bits per heavy atom. The predicted octanol–water partition coefficient (Wildman–Crippen LogP) is 2.24. The topological polar surface area (TPSA) is 71.5 Å². The fraction of sp³-hybridized carbons (Fsp3) is 0.667. The molecular weight excluding hydrogens is 300 g/mol. The highest BCUT2D eigenvalue weighted by molar-refractivity contribution is 5.59. The van der Waals surface area contributed by atoms with E-state index >= 15 is 0 Å². The van der Waals surface area contributed by atoms with Crippen LogP contribution in [0.15, 0.2) is 12.3 Å². The number of nitrogens with zero attached hydrogens (tertiary/aromatic N) is 4. The average molecular weight is 326 g/mol. The van der Waals surface area contributed by atoms with Crippen molar-refractivity contribution in [3.8, 4) is 0 Å². The molecule has 0 radical (unpaired) electrons. The maximum absolute atomic E-state index is 6.12. The number of fused-ring (bicyclic) bond motifs is 3. The van der Waals surface area contributed by atoms with Crippen LogP contribution in [0.5, 0.6) is 0 Å². The number of nitrogens with one attached hydrogen (secondary N) is 1. The molecule has 24 heavy (non-hydrogen) atoms. The Hall–Kier alpha value is -1.66. The first-order valence-electron chi connectivity index (χ1n) is 9.28. The second-order valence-corrected chi connectivity index (χ2v) is 7.90. The number of anilines is 1. The predicted molar refractivity (Wildman–Crippen MR) is 93.8 cm³/mol. The van der Waals surface area contributed by atoms with Gasteiger partial charge in [-0.15, -0.1) is 0 Å². The minimum atomic E-state index is 0.143. The van der Waals surface area contributed by atoms with Crippen molar-refractivity contribution in [2.45, 2.75) is 69.1 Å². The van der Waals surface area contributed by atoms with Gasteiger partial charge < -0.3 is 11.1 Å². The fourth-order valence-corrected chi connectivity index (χ4v) is 5.15. The third-order valence-electron chi connectivity index (χ3n) is 6.44. The second-order valence-electron chi connectivity index (χ2n) is 7.90. The Morgan fingerprint density at radius 2 is 2.12 bits per heavy atom. The summed E-state index contributed by atoms with van der Waals surface area (Å²) in [6.07, 6.45) is 10.2. The molecule has 1 aliphatic heterocycles. The highest BCUT2D eigenvalue weighted by atomic mass is 15.3. The summed E-state index contributed by atoms with van der Waals surface area (Å²) in [5, 5.41) is 8.32. The molecule has 0 saturated heterocycles. The van der Waals surface area contributed by atoms with Crippen molar-refractivity contribution in [2.75, 3.05) is 12.4 Å². The third kappa shape index (κ3) is 1.96. The highest BCUT2D eigenvalue weighted by Gasteiger charge is 2.48. The van der Waals surface area contributed by atoms with Gasteiger partial charge in [0.05, 0.1) is 17.4 Å². The molecular formula is C18H26N6. The van der Waals surface area contributed by atoms with Gasteiger partial charge in [-0.05, 0) is 39.2 Å². The molecule has 6 nitrogen and oxygen atoms in total. The first-order chi connectivity index (χ1) is 11.7. The summed E-state index contributed by atoms with van der Waals surface area (Å²) in [6, 6.07) is 2.80. The molecule has 3 heterocycles. The third-order valence-corrected chi connectivity index (χ3v) is 6.44. The van der Waals surface area contributed by atoms with Crippen molar-refractivity contribution in [1.82, 2.24) is 19.5 Å². The molecule has 3 N–H and O–H groups in total. The molecule has 5 rings (SSSR count). The minimum Gasteiger partial charge on any atom is -0.367 e. The maximum atomic E-state index is 6.12. The zero-order valence-corrected chi connectivity index (χ0v) is 14.3. The minimum absolute atomic E-state index is 0.143. The molecule has 6 heteroatoms. The van der Waals surface area contributed by atoms with E-state index in [1.54, 1.807) is 0 Å². The van der Waals surface area contributed by atoms with Crippen molar-refractivity contribution in [1.29, 1.82) is 0 Å². The second kappa shape index (κ2) is 5.17. The summed E-state index contributed by atoms with van der Waals surface area (Å²) in [5.74, 6) is 1.15. The Morgan fingerprint density at radius 3 is 2.88 bits per heavy atom. The number of nitrogens with two attached hydrogens (primary N) is 1. The van der Waals surface area contributed by atoms with E-state index in [1.165, 1.54) is 36.9 Å². The van der Waals surface area contributed by atoms with Crippen LogP contribution in [0.2, 0.25) is 0 Å². The smallest absolute Gasteiger partial charge is 0.157 e. The van der Waals surface area contributed by atoms with Crippen LogP contribution in [0.3, 0.4) is 0 Å². The van der Waals surface area contributed by atoms with E-state index < -0.39 is 0 Å². The van der Waals surface area contributed by atoms with Crippen LogP contribution in [-0.2, 0) is 12.1 Å². The van der Waals surface area contributed by atoms with Crippen LogP contribution in [0.1, 0.15) is 56.2 Å². The van der Waals surface area contributed by atoms with E-state index in [0.717, 1.165) is 37.3 Å². The van der Waals surface area contributed by atoms with Gasteiger partial charge in [0.25, 0.3) is 0 Å². The van der Waals surface area contributed by atoms with Gasteiger partial charge in [-0.2, -0.15) is 9.61 Å². The number of rotatable bonds is 2. The summed E-state index contributed by atoms with van der Waals surface area (Å²) in [7, 11) is 2.25. The Balaban J connectivity index is 1.64. The summed E-state index contributed by atoms with van der Waals surface area (Å²) in [5.41, 5.74) is 9.85. The lowest BCUT2D eigenvalue weighted by molar-refractivity contribution is 0.140. The maximum Gasteiger partial charge on any atom is 0.157 e. The summed E-state index contributed by atoms with van der Waals surface area (Å²) < 4.78 is 1.99. The lowest BCUT2D eigenvalue weighted by atomic mass is 9.93.